The zero-order valence-electron chi connectivity index (χ0n) is 15.1. The Balaban J connectivity index is 1.66. The van der Waals surface area contributed by atoms with Crippen LogP contribution >= 0.6 is 11.8 Å². The van der Waals surface area contributed by atoms with E-state index in [4.69, 9.17) is 4.74 Å². The molecule has 150 valence electrons. The van der Waals surface area contributed by atoms with Crippen LogP contribution in [0.5, 0.6) is 0 Å². The third kappa shape index (κ3) is 3.56. The van der Waals surface area contributed by atoms with Crippen LogP contribution in [0.1, 0.15) is 34.7 Å². The topological polar surface area (TPSA) is 60.2 Å². The maximum absolute atomic E-state index is 13.0. The predicted octanol–water partition coefficient (Wildman–Crippen LogP) is 3.05. The molecule has 4 rings (SSSR count). The number of aromatic nitrogens is 3. The number of benzene rings is 1. The molecular weight excluding hydrogens is 393 g/mol. The van der Waals surface area contributed by atoms with Gasteiger partial charge in [-0.25, -0.2) is 4.98 Å². The van der Waals surface area contributed by atoms with Crippen molar-refractivity contribution in [2.75, 3.05) is 26.3 Å². The number of alkyl halides is 3. The molecule has 1 fully saturated rings. The quantitative estimate of drug-likeness (QED) is 0.769. The molecule has 0 spiro atoms. The number of aryl methyl sites for hydroxylation is 1. The Bertz CT molecular complexity index is 863. The van der Waals surface area contributed by atoms with Gasteiger partial charge in [0, 0.05) is 19.5 Å². The van der Waals surface area contributed by atoms with Gasteiger partial charge in [-0.3, -0.25) is 9.69 Å². The summed E-state index contributed by atoms with van der Waals surface area (Å²) in [6.07, 6.45) is -3.77. The second kappa shape index (κ2) is 7.49. The van der Waals surface area contributed by atoms with Crippen molar-refractivity contribution in [3.8, 4) is 0 Å². The molecule has 2 atom stereocenters. The lowest BCUT2D eigenvalue weighted by Gasteiger charge is -2.36. The summed E-state index contributed by atoms with van der Waals surface area (Å²) in [4.78, 5) is 19.5. The minimum atomic E-state index is -4.40. The van der Waals surface area contributed by atoms with Gasteiger partial charge in [-0.15, -0.1) is 5.10 Å². The Morgan fingerprint density at radius 1 is 1.25 bits per heavy atom. The van der Waals surface area contributed by atoms with Crippen molar-refractivity contribution in [1.29, 1.82) is 0 Å². The number of thioether (sulfide) groups is 1. The molecule has 28 heavy (non-hydrogen) atoms. The lowest BCUT2D eigenvalue weighted by Crippen LogP contribution is -2.44. The minimum absolute atomic E-state index is 0.191. The number of hydrogen-bond donors (Lipinski definition) is 0. The first-order valence-electron chi connectivity index (χ1n) is 9.04. The van der Waals surface area contributed by atoms with E-state index in [0.29, 0.717) is 49.3 Å². The Labute approximate surface area is 164 Å². The highest BCUT2D eigenvalue weighted by molar-refractivity contribution is 8.00. The fourth-order valence-corrected chi connectivity index (χ4v) is 4.77. The maximum atomic E-state index is 13.0. The van der Waals surface area contributed by atoms with E-state index in [9.17, 15) is 18.0 Å². The summed E-state index contributed by atoms with van der Waals surface area (Å²) < 4.78 is 45.6. The number of hydrogen-bond acceptors (Lipinski definition) is 6. The monoisotopic (exact) mass is 412 g/mol. The van der Waals surface area contributed by atoms with Crippen LogP contribution in [0.2, 0.25) is 0 Å². The smallest absolute Gasteiger partial charge is 0.379 e. The van der Waals surface area contributed by atoms with E-state index >= 15 is 0 Å². The van der Waals surface area contributed by atoms with E-state index in [-0.39, 0.29) is 11.9 Å². The summed E-state index contributed by atoms with van der Waals surface area (Å²) in [6, 6.07) is 4.68. The van der Waals surface area contributed by atoms with Crippen LogP contribution in [-0.4, -0.2) is 57.1 Å². The molecule has 0 bridgehead atoms. The summed E-state index contributed by atoms with van der Waals surface area (Å²) in [7, 11) is 0. The number of carbonyl (C=O) groups is 1. The lowest BCUT2D eigenvalue weighted by molar-refractivity contribution is -0.137. The number of ether oxygens (including phenoxy) is 1. The van der Waals surface area contributed by atoms with Gasteiger partial charge in [-0.05, 0) is 17.7 Å². The molecule has 0 N–H and O–H groups in total. The summed E-state index contributed by atoms with van der Waals surface area (Å²) in [5.74, 6) is 0.412. The van der Waals surface area contributed by atoms with Crippen molar-refractivity contribution in [2.45, 2.75) is 36.0 Å². The largest absolute Gasteiger partial charge is 0.416 e. The van der Waals surface area contributed by atoms with Crippen LogP contribution in [0.3, 0.4) is 0 Å². The van der Waals surface area contributed by atoms with Crippen LogP contribution in [0.15, 0.2) is 29.4 Å². The van der Waals surface area contributed by atoms with Crippen LogP contribution in [0, 0.1) is 0 Å². The average Bonchev–Trinajstić information content (AvgIpc) is 3.22. The molecule has 2 unspecified atom stereocenters. The molecule has 10 heteroatoms. The van der Waals surface area contributed by atoms with Crippen LogP contribution in [0.25, 0.3) is 0 Å². The van der Waals surface area contributed by atoms with Gasteiger partial charge in [0.05, 0.1) is 24.8 Å². The summed E-state index contributed by atoms with van der Waals surface area (Å²) in [5, 5.41) is 4.27. The van der Waals surface area contributed by atoms with Gasteiger partial charge in [-0.2, -0.15) is 17.9 Å². The van der Waals surface area contributed by atoms with Crippen molar-refractivity contribution in [2.24, 2.45) is 0 Å². The molecule has 0 saturated carbocycles. The molecule has 2 aromatic rings. The molecule has 6 nitrogen and oxygen atoms in total. The molecular formula is C18H19F3N4O2S. The molecule has 1 aromatic heterocycles. The van der Waals surface area contributed by atoms with Crippen molar-refractivity contribution < 1.29 is 22.7 Å². The number of morpholine rings is 1. The van der Waals surface area contributed by atoms with Gasteiger partial charge in [-0.1, -0.05) is 30.8 Å². The zero-order valence-corrected chi connectivity index (χ0v) is 16.0. The van der Waals surface area contributed by atoms with Gasteiger partial charge < -0.3 is 4.74 Å². The standard InChI is InChI=1S/C18H19F3N4O2S/c1-2-13-22-17-25(23-13)16(26)15(28-17)14(24-7-9-27-10-8-24)11-3-5-12(6-4-11)18(19,20)21/h3-6,14-15H,2,7-10H2,1H3. The van der Waals surface area contributed by atoms with E-state index in [1.54, 1.807) is 0 Å². The first-order valence-corrected chi connectivity index (χ1v) is 9.92. The highest BCUT2D eigenvalue weighted by atomic mass is 32.2. The van der Waals surface area contributed by atoms with E-state index in [0.717, 1.165) is 12.1 Å². The minimum Gasteiger partial charge on any atom is -0.379 e. The molecule has 3 heterocycles. The number of fused-ring (bicyclic) bond motifs is 1. The maximum Gasteiger partial charge on any atom is 0.416 e. The average molecular weight is 412 g/mol. The zero-order chi connectivity index (χ0) is 19.9. The number of carbonyl (C=O) groups excluding carboxylic acids is 1. The second-order valence-corrected chi connectivity index (χ2v) is 7.77. The van der Waals surface area contributed by atoms with Crippen molar-refractivity contribution in [3.63, 3.8) is 0 Å². The summed E-state index contributed by atoms with van der Waals surface area (Å²) in [5.41, 5.74) is -0.0354. The molecule has 2 aliphatic heterocycles. The summed E-state index contributed by atoms with van der Waals surface area (Å²) >= 11 is 1.32. The Kier molecular flexibility index (Phi) is 5.19. The normalized spacial score (nSPS) is 21.7. The first kappa shape index (κ1) is 19.4. The van der Waals surface area contributed by atoms with Gasteiger partial charge in [0.1, 0.15) is 5.25 Å². The molecule has 0 radical (unpaired) electrons. The SMILES string of the molecule is CCc1nc2n(n1)C(=O)C(C(c1ccc(C(F)(F)F)cc1)N1CCOCC1)S2. The fourth-order valence-electron chi connectivity index (χ4n) is 3.49. The highest BCUT2D eigenvalue weighted by Crippen LogP contribution is 2.41. The number of halogens is 3. The third-order valence-electron chi connectivity index (χ3n) is 4.93. The van der Waals surface area contributed by atoms with Crippen molar-refractivity contribution in [1.82, 2.24) is 19.7 Å². The van der Waals surface area contributed by atoms with E-state index in [1.165, 1.54) is 28.6 Å². The molecule has 0 amide bonds. The Hall–Kier alpha value is -1.91. The van der Waals surface area contributed by atoms with Crippen LogP contribution in [-0.2, 0) is 17.3 Å². The van der Waals surface area contributed by atoms with Crippen LogP contribution in [0.4, 0.5) is 13.2 Å². The van der Waals surface area contributed by atoms with Gasteiger partial charge >= 0.3 is 6.18 Å². The van der Waals surface area contributed by atoms with Gasteiger partial charge in [0.2, 0.25) is 0 Å². The molecule has 2 aliphatic rings. The second-order valence-electron chi connectivity index (χ2n) is 6.67. The molecule has 1 aromatic carbocycles. The lowest BCUT2D eigenvalue weighted by atomic mass is 9.99. The fraction of sp³-hybridized carbons (Fsp3) is 0.500. The highest BCUT2D eigenvalue weighted by Gasteiger charge is 2.43. The Morgan fingerprint density at radius 2 is 1.93 bits per heavy atom. The van der Waals surface area contributed by atoms with Crippen molar-refractivity contribution in [3.05, 3.63) is 41.2 Å². The number of nitrogens with zero attached hydrogens (tertiary/aromatic N) is 4. The van der Waals surface area contributed by atoms with Crippen molar-refractivity contribution >= 4 is 17.7 Å². The number of rotatable bonds is 4. The summed E-state index contributed by atoms with van der Waals surface area (Å²) in [6.45, 7) is 4.16. The third-order valence-corrected chi connectivity index (χ3v) is 6.12. The van der Waals surface area contributed by atoms with E-state index < -0.39 is 17.0 Å². The molecule has 1 saturated heterocycles. The van der Waals surface area contributed by atoms with E-state index in [1.807, 2.05) is 6.92 Å². The van der Waals surface area contributed by atoms with E-state index in [2.05, 4.69) is 15.0 Å². The van der Waals surface area contributed by atoms with Gasteiger partial charge in [0.15, 0.2) is 11.0 Å². The first-order chi connectivity index (χ1) is 13.4. The van der Waals surface area contributed by atoms with Gasteiger partial charge in [0.25, 0.3) is 5.91 Å². The Morgan fingerprint density at radius 3 is 2.50 bits per heavy atom. The molecule has 0 aliphatic carbocycles. The van der Waals surface area contributed by atoms with Crippen LogP contribution < -0.4 is 0 Å². The predicted molar refractivity (Wildman–Crippen MR) is 96.2 cm³/mol.